The van der Waals surface area contributed by atoms with E-state index in [-0.39, 0.29) is 0 Å². The number of hydrogen-bond acceptors (Lipinski definition) is 0. The summed E-state index contributed by atoms with van der Waals surface area (Å²) in [6.07, 6.45) is 2.42. The largest absolute Gasteiger partial charge is 0.218 e. The Balaban J connectivity index is 2.95. The van der Waals surface area contributed by atoms with E-state index < -0.39 is 10.0 Å². The van der Waals surface area contributed by atoms with Crippen molar-refractivity contribution in [3.05, 3.63) is 30.3 Å². The van der Waals surface area contributed by atoms with Gasteiger partial charge in [-0.15, -0.1) is 0 Å². The molecule has 68 valence electrons. The Labute approximate surface area is 77.3 Å². The molecule has 0 atom stereocenters. The van der Waals surface area contributed by atoms with Crippen molar-refractivity contribution >= 4 is 10.0 Å². The van der Waals surface area contributed by atoms with Gasteiger partial charge in [-0.05, 0) is 22.7 Å². The first-order chi connectivity index (χ1) is 5.73. The van der Waals surface area contributed by atoms with Crippen molar-refractivity contribution in [1.82, 2.24) is 0 Å². The molecule has 0 heterocycles. The Morgan fingerprint density at radius 1 is 1.00 bits per heavy atom. The molecular weight excluding hydrogens is 164 g/mol. The zero-order valence-electron chi connectivity index (χ0n) is 8.21. The second-order valence-electron chi connectivity index (χ2n) is 3.16. The van der Waals surface area contributed by atoms with E-state index in [9.17, 15) is 0 Å². The molecule has 0 bridgehead atoms. The van der Waals surface area contributed by atoms with Crippen molar-refractivity contribution < 1.29 is 0 Å². The van der Waals surface area contributed by atoms with Crippen molar-refractivity contribution in [2.75, 3.05) is 17.8 Å². The Bertz CT molecular complexity index is 224. The summed E-state index contributed by atoms with van der Waals surface area (Å²) in [7, 11) is -0.494. The van der Waals surface area contributed by atoms with Crippen molar-refractivity contribution in [3.8, 4) is 0 Å². The minimum atomic E-state index is -0.494. The monoisotopic (exact) mass is 182 g/mol. The highest BCUT2D eigenvalue weighted by atomic mass is 32.3. The summed E-state index contributed by atoms with van der Waals surface area (Å²) in [5, 5.41) is 0. The Morgan fingerprint density at radius 3 is 1.92 bits per heavy atom. The van der Waals surface area contributed by atoms with Crippen LogP contribution in [0.4, 0.5) is 0 Å². The summed E-state index contributed by atoms with van der Waals surface area (Å²) in [4.78, 5) is 1.55. The Kier molecular flexibility index (Phi) is 3.21. The molecule has 0 N–H and O–H groups in total. The lowest BCUT2D eigenvalue weighted by Gasteiger charge is -2.33. The molecule has 0 aromatic heterocycles. The van der Waals surface area contributed by atoms with Gasteiger partial charge in [0.2, 0.25) is 0 Å². The van der Waals surface area contributed by atoms with Crippen LogP contribution in [-0.2, 0) is 0 Å². The smallest absolute Gasteiger partial charge is 0.0102 e. The van der Waals surface area contributed by atoms with E-state index in [1.807, 2.05) is 0 Å². The first-order valence-corrected chi connectivity index (χ1v) is 6.89. The van der Waals surface area contributed by atoms with Gasteiger partial charge in [-0.2, -0.15) is 0 Å². The first kappa shape index (κ1) is 9.66. The summed E-state index contributed by atoms with van der Waals surface area (Å²) < 4.78 is 0. The average Bonchev–Trinajstić information content (AvgIpc) is 2.18. The molecule has 0 amide bonds. The topological polar surface area (TPSA) is 0 Å². The summed E-state index contributed by atoms with van der Waals surface area (Å²) >= 11 is 0. The van der Waals surface area contributed by atoms with Crippen molar-refractivity contribution in [2.24, 2.45) is 0 Å². The fourth-order valence-corrected chi connectivity index (χ4v) is 3.18. The lowest BCUT2D eigenvalue weighted by Crippen LogP contribution is -2.03. The van der Waals surface area contributed by atoms with Gasteiger partial charge in [0.05, 0.1) is 0 Å². The van der Waals surface area contributed by atoms with E-state index in [1.54, 1.807) is 4.90 Å². The molecule has 0 nitrogen and oxygen atoms in total. The third-order valence-electron chi connectivity index (χ3n) is 2.59. The highest BCUT2D eigenvalue weighted by molar-refractivity contribution is 8.33. The maximum absolute atomic E-state index is 2.42. The van der Waals surface area contributed by atoms with Crippen molar-refractivity contribution in [1.29, 1.82) is 0 Å². The third-order valence-corrected chi connectivity index (χ3v) is 6.55. The molecule has 0 unspecified atom stereocenters. The zero-order chi connectivity index (χ0) is 9.03. The Hall–Kier alpha value is -0.430. The van der Waals surface area contributed by atoms with Gasteiger partial charge in [0, 0.05) is 0 Å². The van der Waals surface area contributed by atoms with Crippen LogP contribution in [-0.4, -0.2) is 17.8 Å². The maximum atomic E-state index is 2.42. The standard InChI is InChI=1S/C11H18S/c1-4-12(3,5-2)11-9-7-6-8-10-11/h6-10H,4-5H2,1-3H3. The highest BCUT2D eigenvalue weighted by Crippen LogP contribution is 2.51. The van der Waals surface area contributed by atoms with E-state index >= 15 is 0 Å². The van der Waals surface area contributed by atoms with Gasteiger partial charge in [-0.3, -0.25) is 0 Å². The van der Waals surface area contributed by atoms with Crippen LogP contribution in [0.15, 0.2) is 35.2 Å². The van der Waals surface area contributed by atoms with Crippen LogP contribution >= 0.6 is 10.0 Å². The van der Waals surface area contributed by atoms with E-state index in [4.69, 9.17) is 0 Å². The molecule has 0 aliphatic rings. The molecule has 0 aliphatic heterocycles. The van der Waals surface area contributed by atoms with Gasteiger partial charge >= 0.3 is 0 Å². The molecule has 1 rings (SSSR count). The van der Waals surface area contributed by atoms with E-state index in [0.29, 0.717) is 0 Å². The van der Waals surface area contributed by atoms with Crippen LogP contribution in [0.3, 0.4) is 0 Å². The summed E-state index contributed by atoms with van der Waals surface area (Å²) in [5.41, 5.74) is 0. The molecule has 0 saturated heterocycles. The van der Waals surface area contributed by atoms with Crippen molar-refractivity contribution in [3.63, 3.8) is 0 Å². The summed E-state index contributed by atoms with van der Waals surface area (Å²) in [6.45, 7) is 4.59. The van der Waals surface area contributed by atoms with Gasteiger partial charge < -0.3 is 0 Å². The van der Waals surface area contributed by atoms with Crippen LogP contribution < -0.4 is 0 Å². The normalized spacial score (nSPS) is 12.9. The van der Waals surface area contributed by atoms with Crippen LogP contribution in [0.1, 0.15) is 13.8 Å². The number of benzene rings is 1. The quantitative estimate of drug-likeness (QED) is 0.671. The van der Waals surface area contributed by atoms with Crippen LogP contribution in [0.5, 0.6) is 0 Å². The summed E-state index contributed by atoms with van der Waals surface area (Å²) in [6, 6.07) is 10.9. The van der Waals surface area contributed by atoms with Gasteiger partial charge in [0.15, 0.2) is 0 Å². The molecule has 0 fully saturated rings. The van der Waals surface area contributed by atoms with E-state index in [0.717, 1.165) is 0 Å². The van der Waals surface area contributed by atoms with Crippen LogP contribution in [0, 0.1) is 0 Å². The highest BCUT2D eigenvalue weighted by Gasteiger charge is 2.14. The van der Waals surface area contributed by atoms with Gasteiger partial charge in [-0.25, -0.2) is 10.0 Å². The summed E-state index contributed by atoms with van der Waals surface area (Å²) in [5.74, 6) is 2.60. The SMILES string of the molecule is CCS(C)(CC)c1ccccc1. The molecule has 0 saturated carbocycles. The molecule has 0 radical (unpaired) electrons. The number of rotatable bonds is 3. The number of hydrogen-bond donors (Lipinski definition) is 0. The van der Waals surface area contributed by atoms with Crippen molar-refractivity contribution in [2.45, 2.75) is 18.7 Å². The molecule has 0 aliphatic carbocycles. The molecule has 0 spiro atoms. The lowest BCUT2D eigenvalue weighted by molar-refractivity contribution is 1.33. The van der Waals surface area contributed by atoms with Crippen LogP contribution in [0.2, 0.25) is 0 Å². The molecular formula is C11H18S. The van der Waals surface area contributed by atoms with E-state index in [1.165, 1.54) is 11.5 Å². The lowest BCUT2D eigenvalue weighted by atomic mass is 10.4. The first-order valence-electron chi connectivity index (χ1n) is 4.51. The Morgan fingerprint density at radius 2 is 1.50 bits per heavy atom. The average molecular weight is 182 g/mol. The second-order valence-corrected chi connectivity index (χ2v) is 7.34. The molecule has 1 heteroatoms. The molecule has 12 heavy (non-hydrogen) atoms. The minimum absolute atomic E-state index is 0.494. The predicted molar refractivity (Wildman–Crippen MR) is 59.3 cm³/mol. The fraction of sp³-hybridized carbons (Fsp3) is 0.455. The third kappa shape index (κ3) is 1.84. The zero-order valence-corrected chi connectivity index (χ0v) is 9.03. The fourth-order valence-electron chi connectivity index (χ4n) is 1.29. The van der Waals surface area contributed by atoms with Gasteiger partial charge in [-0.1, -0.05) is 44.2 Å². The van der Waals surface area contributed by atoms with Gasteiger partial charge in [0.1, 0.15) is 0 Å². The predicted octanol–water partition coefficient (Wildman–Crippen LogP) is 3.52. The maximum Gasteiger partial charge on any atom is -0.0102 e. The molecule has 1 aromatic rings. The van der Waals surface area contributed by atoms with Crippen LogP contribution in [0.25, 0.3) is 0 Å². The minimum Gasteiger partial charge on any atom is -0.218 e. The van der Waals surface area contributed by atoms with Gasteiger partial charge in [0.25, 0.3) is 0 Å². The van der Waals surface area contributed by atoms with E-state index in [2.05, 4.69) is 50.4 Å². The molecule has 1 aromatic carbocycles. The second kappa shape index (κ2) is 3.99.